The van der Waals surface area contributed by atoms with Gasteiger partial charge in [-0.25, -0.2) is 4.98 Å². The first-order valence-corrected chi connectivity index (χ1v) is 10.7. The van der Waals surface area contributed by atoms with E-state index in [1.807, 2.05) is 47.3 Å². The van der Waals surface area contributed by atoms with Crippen molar-refractivity contribution in [3.63, 3.8) is 0 Å². The number of amides is 1. The Morgan fingerprint density at radius 2 is 2.07 bits per heavy atom. The van der Waals surface area contributed by atoms with Gasteiger partial charge in [-0.15, -0.1) is 11.3 Å². The van der Waals surface area contributed by atoms with Crippen LogP contribution in [0.25, 0.3) is 11.3 Å². The molecule has 6 heteroatoms. The summed E-state index contributed by atoms with van der Waals surface area (Å²) in [7, 11) is 0. The monoisotopic (exact) mass is 395 g/mol. The summed E-state index contributed by atoms with van der Waals surface area (Å²) in [6.45, 7) is 4.64. The predicted octanol–water partition coefficient (Wildman–Crippen LogP) is 4.82. The Bertz CT molecular complexity index is 902. The first-order chi connectivity index (χ1) is 13.7. The van der Waals surface area contributed by atoms with E-state index in [4.69, 9.17) is 4.42 Å². The summed E-state index contributed by atoms with van der Waals surface area (Å²) < 4.78 is 5.82. The summed E-state index contributed by atoms with van der Waals surface area (Å²) in [5.41, 5.74) is 4.69. The molecule has 0 aliphatic carbocycles. The van der Waals surface area contributed by atoms with Crippen molar-refractivity contribution in [3.05, 3.63) is 58.8 Å². The summed E-state index contributed by atoms with van der Waals surface area (Å²) in [6.07, 6.45) is 2.87. The van der Waals surface area contributed by atoms with Gasteiger partial charge in [-0.05, 0) is 43.7 Å². The zero-order valence-electron chi connectivity index (χ0n) is 16.1. The van der Waals surface area contributed by atoms with Gasteiger partial charge in [-0.2, -0.15) is 0 Å². The minimum Gasteiger partial charge on any atom is -0.465 e. The molecule has 4 rings (SSSR count). The van der Waals surface area contributed by atoms with Crippen LogP contribution in [0.15, 0.2) is 51.7 Å². The van der Waals surface area contributed by atoms with Gasteiger partial charge < -0.3 is 9.73 Å². The summed E-state index contributed by atoms with van der Waals surface area (Å²) in [6, 6.07) is 12.0. The van der Waals surface area contributed by atoms with Gasteiger partial charge in [0.2, 0.25) is 5.91 Å². The van der Waals surface area contributed by atoms with E-state index in [1.165, 1.54) is 0 Å². The lowest BCUT2D eigenvalue weighted by Gasteiger charge is -2.31. The van der Waals surface area contributed by atoms with Crippen molar-refractivity contribution in [2.24, 2.45) is 5.92 Å². The number of aryl methyl sites for hydroxylation is 1. The molecule has 2 aromatic heterocycles. The number of benzene rings is 1. The highest BCUT2D eigenvalue weighted by Gasteiger charge is 2.26. The Morgan fingerprint density at radius 3 is 2.79 bits per heavy atom. The van der Waals surface area contributed by atoms with Crippen LogP contribution >= 0.6 is 11.3 Å². The molecule has 1 N–H and O–H groups in total. The zero-order chi connectivity index (χ0) is 19.3. The lowest BCUT2D eigenvalue weighted by atomic mass is 9.97. The highest BCUT2D eigenvalue weighted by molar-refractivity contribution is 7.07. The topological polar surface area (TPSA) is 58.4 Å². The van der Waals surface area contributed by atoms with E-state index in [2.05, 4.69) is 22.1 Å². The van der Waals surface area contributed by atoms with Crippen LogP contribution in [0, 0.1) is 5.92 Å². The van der Waals surface area contributed by atoms with Gasteiger partial charge in [0.15, 0.2) is 0 Å². The molecule has 1 amide bonds. The Morgan fingerprint density at radius 1 is 1.25 bits per heavy atom. The first kappa shape index (κ1) is 18.9. The molecule has 0 spiro atoms. The van der Waals surface area contributed by atoms with Gasteiger partial charge in [0.25, 0.3) is 0 Å². The molecule has 1 fully saturated rings. The van der Waals surface area contributed by atoms with Crippen molar-refractivity contribution in [2.75, 3.05) is 18.4 Å². The van der Waals surface area contributed by atoms with Crippen molar-refractivity contribution in [1.82, 2.24) is 9.88 Å². The van der Waals surface area contributed by atoms with Crippen molar-refractivity contribution in [2.45, 2.75) is 32.7 Å². The van der Waals surface area contributed by atoms with Gasteiger partial charge in [-0.1, -0.05) is 19.1 Å². The maximum atomic E-state index is 12.8. The summed E-state index contributed by atoms with van der Waals surface area (Å²) >= 11 is 1.58. The second-order valence-corrected chi connectivity index (χ2v) is 7.95. The quantitative estimate of drug-likeness (QED) is 0.650. The average Bonchev–Trinajstić information content (AvgIpc) is 3.41. The molecule has 1 atom stereocenters. The highest BCUT2D eigenvalue weighted by atomic mass is 32.1. The third kappa shape index (κ3) is 4.51. The lowest BCUT2D eigenvalue weighted by Crippen LogP contribution is -2.40. The van der Waals surface area contributed by atoms with Crippen LogP contribution in [0.5, 0.6) is 0 Å². The molecule has 1 aliphatic rings. The molecule has 1 aromatic carbocycles. The molecule has 3 aromatic rings. The number of hydrogen-bond acceptors (Lipinski definition) is 5. The zero-order valence-corrected chi connectivity index (χ0v) is 16.9. The number of aromatic nitrogens is 1. The van der Waals surface area contributed by atoms with Crippen molar-refractivity contribution >= 4 is 22.9 Å². The number of carbonyl (C=O) groups is 1. The predicted molar refractivity (Wildman–Crippen MR) is 112 cm³/mol. The average molecular weight is 396 g/mol. The van der Waals surface area contributed by atoms with E-state index in [1.54, 1.807) is 11.3 Å². The van der Waals surface area contributed by atoms with Gasteiger partial charge >= 0.3 is 0 Å². The molecular weight excluding hydrogens is 370 g/mol. The van der Waals surface area contributed by atoms with Crippen molar-refractivity contribution in [3.8, 4) is 11.3 Å². The van der Waals surface area contributed by atoms with E-state index >= 15 is 0 Å². The summed E-state index contributed by atoms with van der Waals surface area (Å²) in [4.78, 5) is 19.4. The van der Waals surface area contributed by atoms with Crippen molar-refractivity contribution in [1.29, 1.82) is 0 Å². The Labute approximate surface area is 169 Å². The SMILES string of the molecule is CCc1ccc(CN2CCC[C@H](C(=O)Nc3ccc(-c4cscn4)cc3)C2)o1. The number of nitrogens with one attached hydrogen (secondary N) is 1. The molecule has 0 unspecified atom stereocenters. The van der Waals surface area contributed by atoms with E-state index in [-0.39, 0.29) is 11.8 Å². The number of thiazole rings is 1. The third-order valence-electron chi connectivity index (χ3n) is 5.20. The van der Waals surface area contributed by atoms with Gasteiger partial charge in [0, 0.05) is 29.6 Å². The van der Waals surface area contributed by atoms with E-state index in [0.717, 1.165) is 67.4 Å². The number of hydrogen-bond donors (Lipinski definition) is 1. The van der Waals surface area contributed by atoms with Crippen LogP contribution in [0.2, 0.25) is 0 Å². The maximum Gasteiger partial charge on any atom is 0.228 e. The molecular formula is C22H25N3O2S. The van der Waals surface area contributed by atoms with Crippen LogP contribution in [-0.2, 0) is 17.8 Å². The van der Waals surface area contributed by atoms with Crippen molar-refractivity contribution < 1.29 is 9.21 Å². The number of piperidine rings is 1. The fraction of sp³-hybridized carbons (Fsp3) is 0.364. The van der Waals surface area contributed by atoms with Crippen LogP contribution in [-0.4, -0.2) is 28.9 Å². The van der Waals surface area contributed by atoms with Gasteiger partial charge in [0.1, 0.15) is 11.5 Å². The molecule has 0 radical (unpaired) electrons. The van der Waals surface area contributed by atoms with E-state index in [0.29, 0.717) is 0 Å². The normalized spacial score (nSPS) is 17.5. The Balaban J connectivity index is 1.33. The van der Waals surface area contributed by atoms with Crippen LogP contribution in [0.4, 0.5) is 5.69 Å². The third-order valence-corrected chi connectivity index (χ3v) is 5.79. The smallest absolute Gasteiger partial charge is 0.228 e. The van der Waals surface area contributed by atoms with E-state index < -0.39 is 0 Å². The first-order valence-electron chi connectivity index (χ1n) is 9.80. The van der Waals surface area contributed by atoms with Gasteiger partial charge in [-0.3, -0.25) is 9.69 Å². The van der Waals surface area contributed by atoms with Crippen LogP contribution in [0.1, 0.15) is 31.3 Å². The fourth-order valence-corrected chi connectivity index (χ4v) is 4.22. The molecule has 146 valence electrons. The maximum absolute atomic E-state index is 12.8. The lowest BCUT2D eigenvalue weighted by molar-refractivity contribution is -0.121. The van der Waals surface area contributed by atoms with E-state index in [9.17, 15) is 4.79 Å². The Kier molecular flexibility index (Phi) is 5.88. The second kappa shape index (κ2) is 8.71. The number of carbonyl (C=O) groups excluding carboxylic acids is 1. The van der Waals surface area contributed by atoms with Crippen LogP contribution < -0.4 is 5.32 Å². The molecule has 28 heavy (non-hydrogen) atoms. The molecule has 1 aliphatic heterocycles. The largest absolute Gasteiger partial charge is 0.465 e. The molecule has 3 heterocycles. The summed E-state index contributed by atoms with van der Waals surface area (Å²) in [5, 5.41) is 5.10. The second-order valence-electron chi connectivity index (χ2n) is 7.24. The number of rotatable bonds is 6. The number of likely N-dealkylation sites (tertiary alicyclic amines) is 1. The fourth-order valence-electron chi connectivity index (χ4n) is 3.65. The standard InChI is InChI=1S/C22H25N3O2S/c1-2-19-9-10-20(27-19)13-25-11-3-4-17(12-25)22(26)24-18-7-5-16(6-8-18)21-14-28-15-23-21/h5-10,14-15,17H,2-4,11-13H2,1H3,(H,24,26)/t17-/m0/s1. The molecule has 5 nitrogen and oxygen atoms in total. The van der Waals surface area contributed by atoms with Crippen LogP contribution in [0.3, 0.4) is 0 Å². The number of nitrogens with zero attached hydrogens (tertiary/aromatic N) is 2. The molecule has 0 bridgehead atoms. The summed E-state index contributed by atoms with van der Waals surface area (Å²) in [5.74, 6) is 2.10. The minimum absolute atomic E-state index is 0.00701. The number of furan rings is 1. The Hall–Kier alpha value is -2.44. The minimum atomic E-state index is 0.00701. The van der Waals surface area contributed by atoms with Gasteiger partial charge in [0.05, 0.1) is 23.7 Å². The molecule has 1 saturated heterocycles. The highest BCUT2D eigenvalue weighted by Crippen LogP contribution is 2.24. The molecule has 0 saturated carbocycles. The number of anilines is 1.